The summed E-state index contributed by atoms with van der Waals surface area (Å²) >= 11 is 0. The lowest BCUT2D eigenvalue weighted by atomic mass is 10.1. The lowest BCUT2D eigenvalue weighted by molar-refractivity contribution is 0.100. The zero-order valence-corrected chi connectivity index (χ0v) is 11.9. The van der Waals surface area contributed by atoms with E-state index in [1.54, 1.807) is 36.4 Å². The number of nitrogens with zero attached hydrogens (tertiary/aromatic N) is 1. The summed E-state index contributed by atoms with van der Waals surface area (Å²) < 4.78 is 23.8. The van der Waals surface area contributed by atoms with Crippen LogP contribution in [0.4, 0.5) is 5.69 Å². The van der Waals surface area contributed by atoms with Gasteiger partial charge in [0, 0.05) is 5.56 Å². The van der Waals surface area contributed by atoms with Gasteiger partial charge in [-0.2, -0.15) is 0 Å². The topological polar surface area (TPSA) is 54.5 Å². The first-order valence-electron chi connectivity index (χ1n) is 6.14. The van der Waals surface area contributed by atoms with Crippen molar-refractivity contribution in [3.05, 3.63) is 65.7 Å². The van der Waals surface area contributed by atoms with Gasteiger partial charge in [0.1, 0.15) is 0 Å². The number of ketones is 1. The van der Waals surface area contributed by atoms with Crippen molar-refractivity contribution in [2.24, 2.45) is 0 Å². The molecule has 0 aliphatic carbocycles. The number of anilines is 1. The molecule has 0 N–H and O–H groups in total. The van der Waals surface area contributed by atoms with Crippen molar-refractivity contribution >= 4 is 22.4 Å². The van der Waals surface area contributed by atoms with Gasteiger partial charge in [0.2, 0.25) is 10.9 Å². The van der Waals surface area contributed by atoms with Crippen LogP contribution in [0.25, 0.3) is 0 Å². The highest BCUT2D eigenvalue weighted by Gasteiger charge is 2.14. The number of aryl methyl sites for hydroxylation is 1. The van der Waals surface area contributed by atoms with Crippen molar-refractivity contribution in [1.82, 2.24) is 0 Å². The number of hydrogen-bond donors (Lipinski definition) is 1. The summed E-state index contributed by atoms with van der Waals surface area (Å²) in [6, 6.07) is 15.7. The van der Waals surface area contributed by atoms with Gasteiger partial charge in [-0.25, -0.2) is 8.42 Å². The van der Waals surface area contributed by atoms with Crippen molar-refractivity contribution in [2.45, 2.75) is 6.92 Å². The molecule has 2 rings (SSSR count). The maximum Gasteiger partial charge on any atom is 0.225 e. The van der Waals surface area contributed by atoms with Crippen LogP contribution in [0.15, 0.2) is 54.6 Å². The van der Waals surface area contributed by atoms with Crippen LogP contribution in [-0.4, -0.2) is 20.7 Å². The number of carbonyl (C=O) groups excluding carboxylic acids is 1. The van der Waals surface area contributed by atoms with E-state index in [2.05, 4.69) is 0 Å². The molecule has 5 heteroatoms. The third kappa shape index (κ3) is 3.45. The Morgan fingerprint density at radius 3 is 2.15 bits per heavy atom. The summed E-state index contributed by atoms with van der Waals surface area (Å²) in [5, 5.41) is 0. The average molecular weight is 289 g/mol. The van der Waals surface area contributed by atoms with Gasteiger partial charge >= 0.3 is 0 Å². The Bertz CT molecular complexity index is 655. The summed E-state index contributed by atoms with van der Waals surface area (Å²) in [6.07, 6.45) is 0. The highest BCUT2D eigenvalue weighted by molar-refractivity contribution is 7.74. The predicted octanol–water partition coefficient (Wildman–Crippen LogP) is 2.21. The van der Waals surface area contributed by atoms with Gasteiger partial charge in [0.05, 0.1) is 12.2 Å². The van der Waals surface area contributed by atoms with Crippen molar-refractivity contribution in [2.75, 3.05) is 10.8 Å². The first-order chi connectivity index (χ1) is 9.58. The van der Waals surface area contributed by atoms with Gasteiger partial charge in [0.25, 0.3) is 0 Å². The number of hydrogen-bond acceptors (Lipinski definition) is 3. The fraction of sp³-hybridized carbons (Fsp3) is 0.133. The Balaban J connectivity index is 2.23. The van der Waals surface area contributed by atoms with Crippen LogP contribution in [0.1, 0.15) is 15.9 Å². The molecule has 2 aromatic carbocycles. The van der Waals surface area contributed by atoms with Crippen LogP contribution in [0.2, 0.25) is 0 Å². The SMILES string of the molecule is Cc1ccc(N(CC(=O)c2ccccc2)[SH](=O)=O)cc1. The smallest absolute Gasteiger partial charge is 0.225 e. The molecule has 0 bridgehead atoms. The summed E-state index contributed by atoms with van der Waals surface area (Å²) in [5.41, 5.74) is 2.03. The molecule has 0 atom stereocenters. The van der Waals surface area contributed by atoms with E-state index < -0.39 is 10.9 Å². The summed E-state index contributed by atoms with van der Waals surface area (Å²) in [6.45, 7) is 1.73. The average Bonchev–Trinajstić information content (AvgIpc) is 2.46. The first-order valence-corrected chi connectivity index (χ1v) is 7.28. The normalized spacial score (nSPS) is 10.5. The molecule has 0 heterocycles. The van der Waals surface area contributed by atoms with E-state index in [-0.39, 0.29) is 12.3 Å². The number of rotatable bonds is 5. The van der Waals surface area contributed by atoms with Crippen LogP contribution in [0, 0.1) is 6.92 Å². The second-order valence-corrected chi connectivity index (χ2v) is 5.38. The van der Waals surface area contributed by atoms with Gasteiger partial charge < -0.3 is 0 Å². The molecule has 4 nitrogen and oxygen atoms in total. The maximum atomic E-state index is 12.1. The fourth-order valence-electron chi connectivity index (χ4n) is 1.81. The third-order valence-electron chi connectivity index (χ3n) is 2.92. The van der Waals surface area contributed by atoms with Gasteiger partial charge in [-0.15, -0.1) is 0 Å². The van der Waals surface area contributed by atoms with Gasteiger partial charge in [-0.3, -0.25) is 9.10 Å². The van der Waals surface area contributed by atoms with E-state index in [1.807, 2.05) is 25.1 Å². The van der Waals surface area contributed by atoms with Crippen molar-refractivity contribution in [3.63, 3.8) is 0 Å². The molecular formula is C15H15NO3S. The minimum atomic E-state index is -2.86. The molecule has 0 amide bonds. The second kappa shape index (κ2) is 6.34. The van der Waals surface area contributed by atoms with E-state index in [0.29, 0.717) is 11.3 Å². The van der Waals surface area contributed by atoms with Crippen LogP contribution in [-0.2, 0) is 10.9 Å². The third-order valence-corrected chi connectivity index (χ3v) is 3.68. The van der Waals surface area contributed by atoms with E-state index >= 15 is 0 Å². The van der Waals surface area contributed by atoms with Crippen molar-refractivity contribution in [3.8, 4) is 0 Å². The first kappa shape index (κ1) is 14.3. The molecule has 0 aliphatic rings. The summed E-state index contributed by atoms with van der Waals surface area (Å²) in [4.78, 5) is 12.1. The molecule has 104 valence electrons. The zero-order valence-electron chi connectivity index (χ0n) is 11.0. The zero-order chi connectivity index (χ0) is 14.5. The molecule has 0 radical (unpaired) electrons. The van der Waals surface area contributed by atoms with Crippen LogP contribution in [0.5, 0.6) is 0 Å². The van der Waals surface area contributed by atoms with Gasteiger partial charge in [-0.1, -0.05) is 48.0 Å². The maximum absolute atomic E-state index is 12.1. The highest BCUT2D eigenvalue weighted by atomic mass is 32.2. The van der Waals surface area contributed by atoms with E-state index in [9.17, 15) is 13.2 Å². The standard InChI is InChI=1S/C15H15NO3S/c1-12-7-9-14(10-8-12)16(20(18)19)11-15(17)13-5-3-2-4-6-13/h2-10,20H,11H2,1H3. The molecule has 0 spiro atoms. The largest absolute Gasteiger partial charge is 0.292 e. The molecule has 2 aromatic rings. The quantitative estimate of drug-likeness (QED) is 0.678. The Kier molecular flexibility index (Phi) is 4.53. The number of Topliss-reactive ketones (excluding diaryl/α,β-unsaturated/α-hetero) is 1. The fourth-order valence-corrected chi connectivity index (χ4v) is 2.38. The molecule has 0 fully saturated rings. The second-order valence-electron chi connectivity index (χ2n) is 4.42. The molecule has 20 heavy (non-hydrogen) atoms. The van der Waals surface area contributed by atoms with E-state index in [1.165, 1.54) is 0 Å². The van der Waals surface area contributed by atoms with Crippen LogP contribution in [0.3, 0.4) is 0 Å². The van der Waals surface area contributed by atoms with Gasteiger partial charge in [0.15, 0.2) is 5.78 Å². The Morgan fingerprint density at radius 1 is 1.00 bits per heavy atom. The van der Waals surface area contributed by atoms with Crippen molar-refractivity contribution in [1.29, 1.82) is 0 Å². The Labute approximate surface area is 119 Å². The Morgan fingerprint density at radius 2 is 1.60 bits per heavy atom. The van der Waals surface area contributed by atoms with E-state index in [0.717, 1.165) is 9.87 Å². The summed E-state index contributed by atoms with van der Waals surface area (Å²) in [7, 11) is -2.86. The highest BCUT2D eigenvalue weighted by Crippen LogP contribution is 2.16. The molecule has 0 saturated heterocycles. The predicted molar refractivity (Wildman–Crippen MR) is 79.6 cm³/mol. The molecule has 0 unspecified atom stereocenters. The minimum Gasteiger partial charge on any atom is -0.292 e. The number of carbonyl (C=O) groups is 1. The number of thiol groups is 1. The molecular weight excluding hydrogens is 274 g/mol. The van der Waals surface area contributed by atoms with Gasteiger partial charge in [-0.05, 0) is 19.1 Å². The van der Waals surface area contributed by atoms with Crippen LogP contribution < -0.4 is 4.31 Å². The number of benzene rings is 2. The monoisotopic (exact) mass is 289 g/mol. The lowest BCUT2D eigenvalue weighted by Crippen LogP contribution is -2.28. The molecule has 0 aliphatic heterocycles. The van der Waals surface area contributed by atoms with Crippen molar-refractivity contribution < 1.29 is 13.2 Å². The van der Waals surface area contributed by atoms with E-state index in [4.69, 9.17) is 0 Å². The summed E-state index contributed by atoms with van der Waals surface area (Å²) in [5.74, 6) is -0.231. The van der Waals surface area contributed by atoms with Crippen LogP contribution >= 0.6 is 0 Å². The molecule has 0 saturated carbocycles. The lowest BCUT2D eigenvalue weighted by Gasteiger charge is -2.17. The minimum absolute atomic E-state index is 0.189. The Hall–Kier alpha value is -2.14. The molecule has 0 aromatic heterocycles.